The van der Waals surface area contributed by atoms with E-state index in [1.165, 1.54) is 25.1 Å². The van der Waals surface area contributed by atoms with Gasteiger partial charge in [0.1, 0.15) is 5.56 Å². The first kappa shape index (κ1) is 13.7. The van der Waals surface area contributed by atoms with Crippen LogP contribution in [0.2, 0.25) is 5.15 Å². The summed E-state index contributed by atoms with van der Waals surface area (Å²) >= 11 is 5.67. The Morgan fingerprint density at radius 2 is 2.37 bits per heavy atom. The van der Waals surface area contributed by atoms with Crippen molar-refractivity contribution >= 4 is 23.2 Å². The topological polar surface area (TPSA) is 85.1 Å². The van der Waals surface area contributed by atoms with Crippen LogP contribution in [0.3, 0.4) is 0 Å². The third-order valence-corrected chi connectivity index (χ3v) is 3.34. The number of pyridine rings is 1. The van der Waals surface area contributed by atoms with Crippen LogP contribution in [0.5, 0.6) is 0 Å². The van der Waals surface area contributed by atoms with Gasteiger partial charge in [0.15, 0.2) is 0 Å². The lowest BCUT2D eigenvalue weighted by Crippen LogP contribution is -2.33. The summed E-state index contributed by atoms with van der Waals surface area (Å²) in [6.45, 7) is 1.89. The van der Waals surface area contributed by atoms with E-state index >= 15 is 0 Å². The smallest absolute Gasteiger partial charge is 0.319 e. The van der Waals surface area contributed by atoms with E-state index in [4.69, 9.17) is 11.6 Å². The molecule has 0 spiro atoms. The Kier molecular flexibility index (Phi) is 3.99. The van der Waals surface area contributed by atoms with Crippen molar-refractivity contribution in [1.29, 1.82) is 0 Å². The third kappa shape index (κ3) is 3.41. The normalized spacial score (nSPS) is 15.9. The zero-order valence-corrected chi connectivity index (χ0v) is 11.2. The van der Waals surface area contributed by atoms with Crippen molar-refractivity contribution in [3.8, 4) is 0 Å². The van der Waals surface area contributed by atoms with Crippen molar-refractivity contribution in [3.05, 3.63) is 33.1 Å². The minimum Gasteiger partial charge on any atom is -0.349 e. The molecule has 1 aliphatic carbocycles. The second kappa shape index (κ2) is 5.52. The maximum Gasteiger partial charge on any atom is 0.319 e. The van der Waals surface area contributed by atoms with Gasteiger partial charge in [-0.05, 0) is 25.3 Å². The van der Waals surface area contributed by atoms with Crippen molar-refractivity contribution in [2.75, 3.05) is 0 Å². The molecule has 6 nitrogen and oxygen atoms in total. The van der Waals surface area contributed by atoms with Crippen molar-refractivity contribution in [3.63, 3.8) is 0 Å². The Hall–Kier alpha value is -1.69. The van der Waals surface area contributed by atoms with E-state index in [2.05, 4.69) is 10.3 Å². The van der Waals surface area contributed by atoms with Crippen LogP contribution in [0.15, 0.2) is 12.3 Å². The van der Waals surface area contributed by atoms with Gasteiger partial charge >= 0.3 is 5.69 Å². The van der Waals surface area contributed by atoms with Crippen LogP contribution in [0, 0.1) is 16.0 Å². The summed E-state index contributed by atoms with van der Waals surface area (Å²) in [5, 5.41) is 13.4. The lowest BCUT2D eigenvalue weighted by atomic mass is 10.1. The number of carbonyl (C=O) groups excluding carboxylic acids is 1. The highest BCUT2D eigenvalue weighted by molar-refractivity contribution is 6.32. The lowest BCUT2D eigenvalue weighted by Gasteiger charge is -2.13. The highest BCUT2D eigenvalue weighted by atomic mass is 35.5. The number of carbonyl (C=O) groups is 1. The minimum atomic E-state index is -0.685. The van der Waals surface area contributed by atoms with Crippen molar-refractivity contribution in [2.24, 2.45) is 5.92 Å². The number of halogens is 1. The predicted molar refractivity (Wildman–Crippen MR) is 70.2 cm³/mol. The molecule has 1 saturated carbocycles. The average molecular weight is 284 g/mol. The molecule has 0 radical (unpaired) electrons. The summed E-state index contributed by atoms with van der Waals surface area (Å²) in [7, 11) is 0. The van der Waals surface area contributed by atoms with Crippen LogP contribution in [0.4, 0.5) is 5.69 Å². The fourth-order valence-corrected chi connectivity index (χ4v) is 2.23. The van der Waals surface area contributed by atoms with E-state index in [1.54, 1.807) is 0 Å². The van der Waals surface area contributed by atoms with E-state index in [1.807, 2.05) is 6.92 Å². The number of hydrogen-bond acceptors (Lipinski definition) is 4. The monoisotopic (exact) mass is 283 g/mol. The van der Waals surface area contributed by atoms with Gasteiger partial charge in [-0.3, -0.25) is 14.9 Å². The lowest BCUT2D eigenvalue weighted by molar-refractivity contribution is -0.385. The highest BCUT2D eigenvalue weighted by Crippen LogP contribution is 2.33. The Balaban J connectivity index is 2.13. The molecule has 1 unspecified atom stereocenters. The van der Waals surface area contributed by atoms with Crippen LogP contribution >= 0.6 is 11.6 Å². The molecular weight excluding hydrogens is 270 g/mol. The number of nitrogens with one attached hydrogen (secondary N) is 1. The van der Waals surface area contributed by atoms with Gasteiger partial charge in [0.05, 0.1) is 4.92 Å². The molecule has 7 heteroatoms. The van der Waals surface area contributed by atoms with Gasteiger partial charge < -0.3 is 5.32 Å². The number of nitrogens with zero attached hydrogens (tertiary/aromatic N) is 2. The molecular formula is C12H14ClN3O3. The van der Waals surface area contributed by atoms with Gasteiger partial charge in [0, 0.05) is 12.2 Å². The predicted octanol–water partition coefficient (Wildman–Crippen LogP) is 2.56. The van der Waals surface area contributed by atoms with Gasteiger partial charge in [-0.1, -0.05) is 24.4 Å². The first-order valence-corrected chi connectivity index (χ1v) is 6.46. The molecule has 1 atom stereocenters. The van der Waals surface area contributed by atoms with Gasteiger partial charge in [0.25, 0.3) is 5.91 Å². The molecule has 19 heavy (non-hydrogen) atoms. The molecule has 1 amide bonds. The molecule has 0 aliphatic heterocycles. The largest absolute Gasteiger partial charge is 0.349 e. The Morgan fingerprint density at radius 1 is 1.68 bits per heavy atom. The minimum absolute atomic E-state index is 0.00783. The maximum absolute atomic E-state index is 12.0. The zero-order chi connectivity index (χ0) is 14.0. The van der Waals surface area contributed by atoms with Crippen molar-refractivity contribution in [2.45, 2.75) is 32.2 Å². The first-order valence-electron chi connectivity index (χ1n) is 6.08. The molecule has 102 valence electrons. The number of amides is 1. The number of aromatic nitrogens is 1. The second-order valence-corrected chi connectivity index (χ2v) is 5.17. The molecule has 0 aromatic carbocycles. The maximum atomic E-state index is 12.0. The Morgan fingerprint density at radius 3 is 2.95 bits per heavy atom. The van der Waals surface area contributed by atoms with Crippen molar-refractivity contribution in [1.82, 2.24) is 10.3 Å². The Bertz CT molecular complexity index is 517. The first-order chi connectivity index (χ1) is 8.99. The van der Waals surface area contributed by atoms with Crippen LogP contribution in [-0.4, -0.2) is 21.9 Å². The number of hydrogen-bond donors (Lipinski definition) is 1. The summed E-state index contributed by atoms with van der Waals surface area (Å²) < 4.78 is 0. The molecule has 0 saturated heterocycles. The SMILES string of the molecule is CC(CC1CC1)NC(=O)c1ccnc(Cl)c1[N+](=O)[O-]. The average Bonchev–Trinajstić information content (AvgIpc) is 3.11. The van der Waals surface area contributed by atoms with Gasteiger partial charge in [-0.2, -0.15) is 0 Å². The molecule has 1 fully saturated rings. The van der Waals surface area contributed by atoms with E-state index in [-0.39, 0.29) is 16.8 Å². The molecule has 1 aromatic rings. The standard InChI is InChI=1S/C12H14ClN3O3/c1-7(6-8-2-3-8)15-12(17)9-4-5-14-11(13)10(9)16(18)19/h4-5,7-8H,2-3,6H2,1H3,(H,15,17). The van der Waals surface area contributed by atoms with E-state index in [0.29, 0.717) is 5.92 Å². The molecule has 1 aromatic heterocycles. The summed E-state index contributed by atoms with van der Waals surface area (Å²) in [6.07, 6.45) is 4.58. The van der Waals surface area contributed by atoms with Crippen LogP contribution in [-0.2, 0) is 0 Å². The number of nitro groups is 1. The number of rotatable bonds is 5. The summed E-state index contributed by atoms with van der Waals surface area (Å²) in [4.78, 5) is 25.9. The fraction of sp³-hybridized carbons (Fsp3) is 0.500. The van der Waals surface area contributed by atoms with Gasteiger partial charge in [0.2, 0.25) is 5.15 Å². The van der Waals surface area contributed by atoms with E-state index in [9.17, 15) is 14.9 Å². The molecule has 0 bridgehead atoms. The zero-order valence-electron chi connectivity index (χ0n) is 10.4. The third-order valence-electron chi connectivity index (χ3n) is 3.07. The quantitative estimate of drug-likeness (QED) is 0.511. The highest BCUT2D eigenvalue weighted by Gasteiger charge is 2.28. The summed E-state index contributed by atoms with van der Waals surface area (Å²) in [5.41, 5.74) is -0.493. The molecule has 1 N–H and O–H groups in total. The molecule has 1 heterocycles. The van der Waals surface area contributed by atoms with Gasteiger partial charge in [-0.15, -0.1) is 0 Å². The fourth-order valence-electron chi connectivity index (χ4n) is 2.00. The van der Waals surface area contributed by atoms with Crippen LogP contribution in [0.1, 0.15) is 36.5 Å². The second-order valence-electron chi connectivity index (χ2n) is 4.81. The van der Waals surface area contributed by atoms with Crippen molar-refractivity contribution < 1.29 is 9.72 Å². The van der Waals surface area contributed by atoms with E-state index < -0.39 is 16.5 Å². The van der Waals surface area contributed by atoms with Crippen LogP contribution < -0.4 is 5.32 Å². The molecule has 1 aliphatic rings. The molecule has 2 rings (SSSR count). The Labute approximate surface area is 115 Å². The van der Waals surface area contributed by atoms with E-state index in [0.717, 1.165) is 6.42 Å². The summed E-state index contributed by atoms with van der Waals surface area (Å²) in [5.74, 6) is 0.190. The van der Waals surface area contributed by atoms with Crippen LogP contribution in [0.25, 0.3) is 0 Å². The summed E-state index contributed by atoms with van der Waals surface area (Å²) in [6, 6.07) is 1.30. The van der Waals surface area contributed by atoms with Gasteiger partial charge in [-0.25, -0.2) is 4.98 Å².